The molecule has 0 heterocycles. The topological polar surface area (TPSA) is 135 Å². The summed E-state index contributed by atoms with van der Waals surface area (Å²) in [6.07, 6.45) is 7.68. The van der Waals surface area contributed by atoms with Gasteiger partial charge in [0.25, 0.3) is 0 Å². The molecule has 0 unspecified atom stereocenters. The van der Waals surface area contributed by atoms with Gasteiger partial charge in [0.05, 0.1) is 18.2 Å². The number of imide groups is 1. The van der Waals surface area contributed by atoms with Crippen LogP contribution in [0.4, 0.5) is 4.79 Å². The summed E-state index contributed by atoms with van der Waals surface area (Å²) < 4.78 is 12.9. The minimum Gasteiger partial charge on any atom is -0.445 e. The number of carbonyl (C=O) groups excluding carboxylic acids is 4. The molecule has 336 valence electrons. The first-order chi connectivity index (χ1) is 28.4. The van der Waals surface area contributed by atoms with Gasteiger partial charge in [-0.15, -0.1) is 0 Å². The van der Waals surface area contributed by atoms with Crippen molar-refractivity contribution in [1.29, 1.82) is 0 Å². The summed E-state index contributed by atoms with van der Waals surface area (Å²) in [6, 6.07) is 17.8. The van der Waals surface area contributed by atoms with Crippen LogP contribution >= 0.6 is 0 Å². The van der Waals surface area contributed by atoms with Crippen molar-refractivity contribution in [2.75, 3.05) is 6.54 Å². The second-order valence-corrected chi connectivity index (χ2v) is 24.1. The second kappa shape index (κ2) is 24.8. The average molecular weight is 849 g/mol. The quantitative estimate of drug-likeness (QED) is 0.0819. The van der Waals surface area contributed by atoms with Gasteiger partial charge in [-0.1, -0.05) is 168 Å². The molecule has 0 saturated heterocycles. The minimum atomic E-state index is -2.47. The molecule has 0 aliphatic heterocycles. The zero-order chi connectivity index (χ0) is 44.5. The zero-order valence-corrected chi connectivity index (χ0v) is 39.9. The van der Waals surface area contributed by atoms with Crippen molar-refractivity contribution in [3.63, 3.8) is 0 Å². The van der Waals surface area contributed by atoms with Crippen LogP contribution in [0.3, 0.4) is 0 Å². The van der Waals surface area contributed by atoms with E-state index in [0.29, 0.717) is 31.7 Å². The molecule has 2 aromatic carbocycles. The van der Waals surface area contributed by atoms with Crippen LogP contribution in [-0.4, -0.2) is 62.9 Å². The van der Waals surface area contributed by atoms with E-state index in [1.165, 1.54) is 12.0 Å². The Morgan fingerprint density at radius 3 is 1.87 bits per heavy atom. The van der Waals surface area contributed by atoms with Gasteiger partial charge < -0.3 is 25.1 Å². The summed E-state index contributed by atoms with van der Waals surface area (Å²) in [5.74, 6) is -1.38. The molecule has 60 heavy (non-hydrogen) atoms. The molecule has 10 nitrogen and oxygen atoms in total. The fraction of sp³-hybridized carbons (Fsp3) is 0.673. The minimum absolute atomic E-state index is 0.0125. The highest BCUT2D eigenvalue weighted by Gasteiger charge is 2.44. The molecule has 1 aliphatic carbocycles. The monoisotopic (exact) mass is 849 g/mol. The fourth-order valence-corrected chi connectivity index (χ4v) is 9.20. The van der Waals surface area contributed by atoms with Gasteiger partial charge in [-0.2, -0.15) is 0 Å². The molecular weight excluding hydrogens is 769 g/mol. The molecule has 0 aromatic heterocycles. The lowest BCUT2D eigenvalue weighted by molar-refractivity contribution is -0.136. The van der Waals surface area contributed by atoms with Crippen molar-refractivity contribution in [1.82, 2.24) is 21.3 Å². The van der Waals surface area contributed by atoms with Crippen LogP contribution in [0.2, 0.25) is 18.1 Å². The number of benzene rings is 2. The smallest absolute Gasteiger partial charge is 0.408 e. The summed E-state index contributed by atoms with van der Waals surface area (Å²) in [5.41, 5.74) is 2.04. The zero-order valence-electron chi connectivity index (χ0n) is 38.9. The Morgan fingerprint density at radius 2 is 1.32 bits per heavy atom. The van der Waals surface area contributed by atoms with Crippen LogP contribution in [-0.2, 0) is 36.6 Å². The Bertz CT molecular complexity index is 1590. The Balaban J connectivity index is 1.93. The first-order valence-electron chi connectivity index (χ1n) is 22.9. The Hall–Kier alpha value is -3.54. The van der Waals surface area contributed by atoms with Crippen LogP contribution in [0.15, 0.2) is 60.7 Å². The van der Waals surface area contributed by atoms with E-state index in [4.69, 9.17) is 9.16 Å². The molecule has 0 spiro atoms. The van der Waals surface area contributed by atoms with Gasteiger partial charge in [0, 0.05) is 5.92 Å². The maximum absolute atomic E-state index is 14.6. The predicted octanol–water partition coefficient (Wildman–Crippen LogP) is 9.73. The number of alkyl carbamates (subject to hydrolysis) is 1. The van der Waals surface area contributed by atoms with Crippen molar-refractivity contribution in [2.24, 2.45) is 29.6 Å². The lowest BCUT2D eigenvalue weighted by Gasteiger charge is -2.44. The number of ether oxygens (including phenoxy) is 1. The largest absolute Gasteiger partial charge is 0.445 e. The first kappa shape index (κ1) is 50.8. The number of carbonyl (C=O) groups is 4. The van der Waals surface area contributed by atoms with Crippen LogP contribution < -0.4 is 21.3 Å². The van der Waals surface area contributed by atoms with Crippen LogP contribution in [0.5, 0.6) is 0 Å². The molecule has 2 aromatic rings. The fourth-order valence-electron chi connectivity index (χ4n) is 7.83. The number of amides is 4. The molecule has 1 fully saturated rings. The highest BCUT2D eigenvalue weighted by molar-refractivity contribution is 6.74. The molecule has 0 bridgehead atoms. The van der Waals surface area contributed by atoms with Gasteiger partial charge in [-0.25, -0.2) is 4.79 Å². The summed E-state index contributed by atoms with van der Waals surface area (Å²) in [5, 5.41) is 12.4. The van der Waals surface area contributed by atoms with E-state index in [-0.39, 0.29) is 47.1 Å². The van der Waals surface area contributed by atoms with Crippen LogP contribution in [0.25, 0.3) is 0 Å². The molecular formula is C49H80N4O6Si. The molecule has 11 heteroatoms. The van der Waals surface area contributed by atoms with E-state index in [2.05, 4.69) is 74.2 Å². The van der Waals surface area contributed by atoms with Crippen molar-refractivity contribution in [3.8, 4) is 0 Å². The molecule has 7 atom stereocenters. The number of hydrogen-bond acceptors (Lipinski definition) is 7. The van der Waals surface area contributed by atoms with E-state index in [1.54, 1.807) is 0 Å². The first-order valence-corrected chi connectivity index (χ1v) is 25.8. The number of rotatable bonds is 23. The van der Waals surface area contributed by atoms with Gasteiger partial charge in [0.2, 0.25) is 17.7 Å². The summed E-state index contributed by atoms with van der Waals surface area (Å²) in [7, 11) is -2.47. The third kappa shape index (κ3) is 16.4. The average Bonchev–Trinajstić information content (AvgIpc) is 3.21. The van der Waals surface area contributed by atoms with Gasteiger partial charge in [0.1, 0.15) is 12.6 Å². The van der Waals surface area contributed by atoms with Crippen molar-refractivity contribution >= 4 is 32.1 Å². The molecule has 0 radical (unpaired) electrons. The van der Waals surface area contributed by atoms with Crippen LogP contribution in [0.1, 0.15) is 131 Å². The normalized spacial score (nSPS) is 17.4. The van der Waals surface area contributed by atoms with Crippen LogP contribution in [0, 0.1) is 29.6 Å². The van der Waals surface area contributed by atoms with E-state index in [0.717, 1.165) is 44.1 Å². The lowest BCUT2D eigenvalue weighted by Crippen LogP contribution is -2.58. The SMILES string of the molecule is CC[C@H](C)[C@H](NCCc1ccccc1)C(=O)NC(=O)[C@@H](C[C@H](O[Si](C)(C)C(C)(C)C)[C@H](CC1CCCCC1)NC(=O)[C@@H](NC(=O)OCc1ccccc1)[C@@H](C)CC)C(C)C. The van der Waals surface area contributed by atoms with Crippen molar-refractivity contribution in [3.05, 3.63) is 71.8 Å². The van der Waals surface area contributed by atoms with Crippen molar-refractivity contribution in [2.45, 2.75) is 175 Å². The number of hydrogen-bond donors (Lipinski definition) is 4. The Labute approximate surface area is 364 Å². The standard InChI is InChI=1S/C49H80N4O6Si/c1-12-35(5)43(50-30-29-37-23-17-14-18-24-37)46(55)53-45(54)40(34(3)4)32-42(59-60(10,11)49(7,8)9)41(31-38-25-19-15-20-26-38)51-47(56)44(36(6)13-2)52-48(57)58-33-39-27-21-16-22-28-39/h14,16-18,21-24,27-28,34-36,38,40-44,50H,12-13,15,19-20,25-26,29-33H2,1-11H3,(H,51,56)(H,52,57)(H,53,54,55)/t35-,36-,40-,41-,42-,43-,44-/m0/s1. The number of nitrogens with one attached hydrogen (secondary N) is 4. The highest BCUT2D eigenvalue weighted by atomic mass is 28.4. The maximum atomic E-state index is 14.6. The van der Waals surface area contributed by atoms with Gasteiger partial charge in [0.15, 0.2) is 8.32 Å². The lowest BCUT2D eigenvalue weighted by atomic mass is 9.81. The molecule has 4 amide bonds. The Kier molecular flexibility index (Phi) is 21.0. The van der Waals surface area contributed by atoms with Gasteiger partial charge in [-0.05, 0) is 78.7 Å². The molecule has 1 saturated carbocycles. The van der Waals surface area contributed by atoms with E-state index in [1.807, 2.05) is 83.1 Å². The van der Waals surface area contributed by atoms with E-state index < -0.39 is 44.6 Å². The third-order valence-corrected chi connectivity index (χ3v) is 17.8. The maximum Gasteiger partial charge on any atom is 0.408 e. The summed E-state index contributed by atoms with van der Waals surface area (Å²) in [4.78, 5) is 56.1. The molecule has 4 N–H and O–H groups in total. The van der Waals surface area contributed by atoms with E-state index >= 15 is 0 Å². The van der Waals surface area contributed by atoms with Gasteiger partial charge >= 0.3 is 6.09 Å². The van der Waals surface area contributed by atoms with E-state index in [9.17, 15) is 19.2 Å². The predicted molar refractivity (Wildman–Crippen MR) is 246 cm³/mol. The second-order valence-electron chi connectivity index (χ2n) is 19.3. The summed E-state index contributed by atoms with van der Waals surface area (Å²) >= 11 is 0. The highest BCUT2D eigenvalue weighted by Crippen LogP contribution is 2.40. The third-order valence-electron chi connectivity index (χ3n) is 13.3. The summed E-state index contributed by atoms with van der Waals surface area (Å²) in [6.45, 7) is 23.8. The Morgan fingerprint density at radius 1 is 0.750 bits per heavy atom. The molecule has 3 rings (SSSR count). The van der Waals surface area contributed by atoms with Gasteiger partial charge in [-0.3, -0.25) is 19.7 Å². The van der Waals surface area contributed by atoms with Crippen molar-refractivity contribution < 1.29 is 28.3 Å². The molecule has 1 aliphatic rings.